The Morgan fingerprint density at radius 1 is 1.33 bits per heavy atom. The molecule has 1 aromatic carbocycles. The first kappa shape index (κ1) is 14.6. The molecular weight excluding hydrogens is 301 g/mol. The van der Waals surface area contributed by atoms with Gasteiger partial charge in [-0.3, -0.25) is 4.57 Å². The van der Waals surface area contributed by atoms with Gasteiger partial charge in [0.25, 0.3) is 0 Å². The quantitative estimate of drug-likeness (QED) is 0.918. The molecule has 1 unspecified atom stereocenters. The van der Waals surface area contributed by atoms with Crippen LogP contribution in [0.4, 0.5) is 13.2 Å². The molecule has 0 saturated carbocycles. The number of fused-ring (bicyclic) bond motifs is 1. The average Bonchev–Trinajstić information content (AvgIpc) is 2.75. The van der Waals surface area contributed by atoms with Crippen molar-refractivity contribution in [3.63, 3.8) is 0 Å². The smallest absolute Gasteiger partial charge is 0.306 e. The molecule has 0 spiro atoms. The Hall–Kier alpha value is -1.37. The first-order valence-electron chi connectivity index (χ1n) is 6.87. The molecule has 1 N–H and O–H groups in total. The van der Waals surface area contributed by atoms with Crippen LogP contribution in [0.15, 0.2) is 23.0 Å². The standard InChI is InChI=1S/C14H15F3N2OS/c15-14(16,17)10-5-3-6-11-12(10)19(13(20)18-11)8-9-4-1-2-7-21-9/h3,5-6,9H,1-2,4,7-8H2,(H,18,20). The van der Waals surface area contributed by atoms with E-state index in [2.05, 4.69) is 4.98 Å². The van der Waals surface area contributed by atoms with Gasteiger partial charge in [-0.05, 0) is 30.7 Å². The molecule has 0 amide bonds. The highest BCUT2D eigenvalue weighted by atomic mass is 32.2. The highest BCUT2D eigenvalue weighted by molar-refractivity contribution is 7.99. The maximum Gasteiger partial charge on any atom is 0.418 e. The molecule has 3 nitrogen and oxygen atoms in total. The van der Waals surface area contributed by atoms with E-state index in [0.717, 1.165) is 31.1 Å². The summed E-state index contributed by atoms with van der Waals surface area (Å²) in [5.41, 5.74) is -0.996. The molecule has 1 aliphatic heterocycles. The summed E-state index contributed by atoms with van der Waals surface area (Å²) < 4.78 is 40.7. The number of thioether (sulfide) groups is 1. The zero-order valence-electron chi connectivity index (χ0n) is 11.2. The van der Waals surface area contributed by atoms with Crippen LogP contribution in [0, 0.1) is 0 Å². The van der Waals surface area contributed by atoms with Crippen LogP contribution in [0.1, 0.15) is 24.8 Å². The number of halogens is 3. The van der Waals surface area contributed by atoms with E-state index < -0.39 is 17.4 Å². The number of hydrogen-bond acceptors (Lipinski definition) is 2. The molecule has 114 valence electrons. The maximum atomic E-state index is 13.2. The van der Waals surface area contributed by atoms with E-state index in [0.29, 0.717) is 6.54 Å². The minimum atomic E-state index is -4.46. The van der Waals surface area contributed by atoms with Crippen molar-refractivity contribution in [3.8, 4) is 0 Å². The molecular formula is C14H15F3N2OS. The predicted octanol–water partition coefficient (Wildman–Crippen LogP) is 3.63. The Bertz CT molecular complexity index is 698. The molecule has 0 bridgehead atoms. The number of para-hydroxylation sites is 1. The summed E-state index contributed by atoms with van der Waals surface area (Å²) in [5.74, 6) is 1.01. The Labute approximate surface area is 123 Å². The average molecular weight is 316 g/mol. The van der Waals surface area contributed by atoms with Crippen molar-refractivity contribution >= 4 is 22.8 Å². The zero-order chi connectivity index (χ0) is 15.0. The second-order valence-electron chi connectivity index (χ2n) is 5.23. The fourth-order valence-electron chi connectivity index (χ4n) is 2.78. The fraction of sp³-hybridized carbons (Fsp3) is 0.500. The number of imidazole rings is 1. The van der Waals surface area contributed by atoms with Gasteiger partial charge in [0, 0.05) is 11.8 Å². The largest absolute Gasteiger partial charge is 0.418 e. The van der Waals surface area contributed by atoms with Crippen molar-refractivity contribution in [3.05, 3.63) is 34.2 Å². The van der Waals surface area contributed by atoms with E-state index in [1.165, 1.54) is 16.7 Å². The summed E-state index contributed by atoms with van der Waals surface area (Å²) in [4.78, 5) is 14.5. The van der Waals surface area contributed by atoms with Crippen LogP contribution >= 0.6 is 11.8 Å². The van der Waals surface area contributed by atoms with Gasteiger partial charge in [0.15, 0.2) is 0 Å². The number of aromatic amines is 1. The number of rotatable bonds is 2. The molecule has 1 saturated heterocycles. The molecule has 1 aliphatic rings. The lowest BCUT2D eigenvalue weighted by Crippen LogP contribution is -2.25. The van der Waals surface area contributed by atoms with Gasteiger partial charge in [0.05, 0.1) is 16.6 Å². The van der Waals surface area contributed by atoms with Crippen LogP contribution in [-0.2, 0) is 12.7 Å². The van der Waals surface area contributed by atoms with E-state index in [4.69, 9.17) is 0 Å². The van der Waals surface area contributed by atoms with Crippen LogP contribution in [0.25, 0.3) is 11.0 Å². The number of benzene rings is 1. The molecule has 21 heavy (non-hydrogen) atoms. The third-order valence-electron chi connectivity index (χ3n) is 3.76. The molecule has 0 aliphatic carbocycles. The van der Waals surface area contributed by atoms with Crippen molar-refractivity contribution in [1.82, 2.24) is 9.55 Å². The van der Waals surface area contributed by atoms with Gasteiger partial charge in [-0.25, -0.2) is 4.79 Å². The molecule has 2 heterocycles. The number of nitrogens with one attached hydrogen (secondary N) is 1. The van der Waals surface area contributed by atoms with E-state index in [1.54, 1.807) is 11.8 Å². The number of aromatic nitrogens is 2. The monoisotopic (exact) mass is 316 g/mol. The molecule has 7 heteroatoms. The van der Waals surface area contributed by atoms with Crippen LogP contribution < -0.4 is 5.69 Å². The van der Waals surface area contributed by atoms with Gasteiger partial charge in [-0.15, -0.1) is 0 Å². The molecule has 1 atom stereocenters. The number of hydrogen-bond donors (Lipinski definition) is 1. The van der Waals surface area contributed by atoms with Gasteiger partial charge < -0.3 is 4.98 Å². The van der Waals surface area contributed by atoms with Gasteiger partial charge in [0.2, 0.25) is 0 Å². The normalized spacial score (nSPS) is 20.0. The van der Waals surface area contributed by atoms with Crippen LogP contribution in [0.2, 0.25) is 0 Å². The summed E-state index contributed by atoms with van der Waals surface area (Å²) in [6.07, 6.45) is -1.31. The van der Waals surface area contributed by atoms with E-state index in [9.17, 15) is 18.0 Å². The minimum Gasteiger partial charge on any atom is -0.306 e. The fourth-order valence-corrected chi connectivity index (χ4v) is 4.07. The Morgan fingerprint density at radius 3 is 2.81 bits per heavy atom. The van der Waals surface area contributed by atoms with E-state index in [-0.39, 0.29) is 16.3 Å². The zero-order valence-corrected chi connectivity index (χ0v) is 12.1. The second-order valence-corrected chi connectivity index (χ2v) is 6.64. The topological polar surface area (TPSA) is 37.8 Å². The van der Waals surface area contributed by atoms with Gasteiger partial charge >= 0.3 is 11.9 Å². The lowest BCUT2D eigenvalue weighted by molar-refractivity contribution is -0.136. The molecule has 1 aromatic heterocycles. The Kier molecular flexibility index (Phi) is 3.77. The number of H-pyrrole nitrogens is 1. The second kappa shape index (κ2) is 5.44. The first-order valence-corrected chi connectivity index (χ1v) is 7.92. The summed E-state index contributed by atoms with van der Waals surface area (Å²) in [7, 11) is 0. The summed E-state index contributed by atoms with van der Waals surface area (Å²) >= 11 is 1.74. The van der Waals surface area contributed by atoms with Crippen molar-refractivity contribution in [2.24, 2.45) is 0 Å². The highest BCUT2D eigenvalue weighted by Crippen LogP contribution is 2.34. The third-order valence-corrected chi connectivity index (χ3v) is 5.14. The van der Waals surface area contributed by atoms with Gasteiger partial charge in [-0.1, -0.05) is 12.5 Å². The third kappa shape index (κ3) is 2.84. The SMILES string of the molecule is O=c1[nH]c2cccc(C(F)(F)F)c2n1CC1CCCCS1. The Morgan fingerprint density at radius 2 is 2.14 bits per heavy atom. The van der Waals surface area contributed by atoms with Gasteiger partial charge in [0.1, 0.15) is 0 Å². The first-order chi connectivity index (χ1) is 9.97. The highest BCUT2D eigenvalue weighted by Gasteiger charge is 2.34. The maximum absolute atomic E-state index is 13.2. The van der Waals surface area contributed by atoms with Crippen LogP contribution in [0.3, 0.4) is 0 Å². The van der Waals surface area contributed by atoms with Crippen molar-refractivity contribution < 1.29 is 13.2 Å². The molecule has 1 fully saturated rings. The number of alkyl halides is 3. The van der Waals surface area contributed by atoms with Gasteiger partial charge in [-0.2, -0.15) is 24.9 Å². The van der Waals surface area contributed by atoms with E-state index >= 15 is 0 Å². The summed E-state index contributed by atoms with van der Waals surface area (Å²) in [5, 5.41) is 0.205. The van der Waals surface area contributed by atoms with Crippen molar-refractivity contribution in [2.75, 3.05) is 5.75 Å². The van der Waals surface area contributed by atoms with Crippen LogP contribution in [-0.4, -0.2) is 20.6 Å². The molecule has 2 aromatic rings. The lowest BCUT2D eigenvalue weighted by Gasteiger charge is -2.22. The van der Waals surface area contributed by atoms with Crippen LogP contribution in [0.5, 0.6) is 0 Å². The van der Waals surface area contributed by atoms with Crippen molar-refractivity contribution in [1.29, 1.82) is 0 Å². The number of nitrogens with zero attached hydrogens (tertiary/aromatic N) is 1. The minimum absolute atomic E-state index is 0.0267. The molecule has 0 radical (unpaired) electrons. The predicted molar refractivity (Wildman–Crippen MR) is 77.7 cm³/mol. The van der Waals surface area contributed by atoms with E-state index in [1.807, 2.05) is 0 Å². The lowest BCUT2D eigenvalue weighted by atomic mass is 10.1. The summed E-state index contributed by atoms with van der Waals surface area (Å²) in [6, 6.07) is 3.86. The summed E-state index contributed by atoms with van der Waals surface area (Å²) in [6.45, 7) is 0.330. The van der Waals surface area contributed by atoms with Crippen molar-refractivity contribution in [2.45, 2.75) is 37.2 Å². The molecule has 3 rings (SSSR count). The Balaban J connectivity index is 2.08.